The van der Waals surface area contributed by atoms with Crippen molar-refractivity contribution in [1.82, 2.24) is 15.0 Å². The SMILES string of the molecule is CC(S)C1C2CCc3nnn(C(C)C)c3CCC21. The van der Waals surface area contributed by atoms with Gasteiger partial charge in [0.1, 0.15) is 0 Å². The lowest BCUT2D eigenvalue weighted by Crippen LogP contribution is -2.10. The topological polar surface area (TPSA) is 30.7 Å². The quantitative estimate of drug-likeness (QED) is 0.834. The van der Waals surface area contributed by atoms with Crippen molar-refractivity contribution in [3.8, 4) is 0 Å². The zero-order valence-corrected chi connectivity index (χ0v) is 12.4. The summed E-state index contributed by atoms with van der Waals surface area (Å²) in [6.07, 6.45) is 4.84. The van der Waals surface area contributed by atoms with Crippen LogP contribution in [0.25, 0.3) is 0 Å². The van der Waals surface area contributed by atoms with Gasteiger partial charge in [0.25, 0.3) is 0 Å². The summed E-state index contributed by atoms with van der Waals surface area (Å²) < 4.78 is 2.12. The predicted octanol–water partition coefficient (Wildman–Crippen LogP) is 2.92. The average molecular weight is 265 g/mol. The van der Waals surface area contributed by atoms with Crippen molar-refractivity contribution >= 4 is 12.6 Å². The van der Waals surface area contributed by atoms with Crippen molar-refractivity contribution in [2.45, 2.75) is 57.7 Å². The Labute approximate surface area is 115 Å². The van der Waals surface area contributed by atoms with Gasteiger partial charge < -0.3 is 0 Å². The van der Waals surface area contributed by atoms with Gasteiger partial charge in [-0.1, -0.05) is 12.1 Å². The smallest absolute Gasteiger partial charge is 0.0859 e. The van der Waals surface area contributed by atoms with Crippen LogP contribution in [0.1, 0.15) is 51.0 Å². The molecule has 1 aromatic rings. The van der Waals surface area contributed by atoms with E-state index in [1.807, 2.05) is 0 Å². The number of hydrogen-bond acceptors (Lipinski definition) is 3. The van der Waals surface area contributed by atoms with Crippen LogP contribution >= 0.6 is 12.6 Å². The number of hydrogen-bond donors (Lipinski definition) is 1. The molecule has 0 bridgehead atoms. The molecule has 2 aliphatic rings. The maximum atomic E-state index is 4.65. The van der Waals surface area contributed by atoms with Crippen molar-refractivity contribution in [2.24, 2.45) is 17.8 Å². The molecule has 0 saturated heterocycles. The highest BCUT2D eigenvalue weighted by Gasteiger charge is 2.51. The molecule has 1 aromatic heterocycles. The van der Waals surface area contributed by atoms with Gasteiger partial charge in [-0.05, 0) is 57.3 Å². The molecule has 4 heteroatoms. The molecule has 0 aliphatic heterocycles. The second-order valence-corrected chi connectivity index (χ2v) is 7.06. The molecule has 0 aromatic carbocycles. The molecule has 1 heterocycles. The first kappa shape index (κ1) is 12.5. The predicted molar refractivity (Wildman–Crippen MR) is 76.0 cm³/mol. The van der Waals surface area contributed by atoms with E-state index in [-0.39, 0.29) is 0 Å². The van der Waals surface area contributed by atoms with E-state index < -0.39 is 0 Å². The van der Waals surface area contributed by atoms with Gasteiger partial charge in [-0.3, -0.25) is 0 Å². The summed E-state index contributed by atoms with van der Waals surface area (Å²) in [6, 6.07) is 0.426. The molecule has 1 fully saturated rings. The van der Waals surface area contributed by atoms with E-state index in [2.05, 4.69) is 48.4 Å². The van der Waals surface area contributed by atoms with Gasteiger partial charge in [-0.15, -0.1) is 5.10 Å². The molecule has 1 saturated carbocycles. The first-order valence-corrected chi connectivity index (χ1v) is 7.72. The van der Waals surface area contributed by atoms with Crippen LogP contribution in [-0.4, -0.2) is 20.2 Å². The molecular formula is C14H23N3S. The average Bonchev–Trinajstić information content (AvgIpc) is 2.81. The number of fused-ring (bicyclic) bond motifs is 2. The molecule has 4 unspecified atom stereocenters. The van der Waals surface area contributed by atoms with E-state index in [1.54, 1.807) is 0 Å². The monoisotopic (exact) mass is 265 g/mol. The summed E-state index contributed by atoms with van der Waals surface area (Å²) in [5.41, 5.74) is 2.64. The molecule has 0 spiro atoms. The third-order valence-electron chi connectivity index (χ3n) is 4.74. The summed E-state index contributed by atoms with van der Waals surface area (Å²) in [6.45, 7) is 6.62. The maximum Gasteiger partial charge on any atom is 0.0859 e. The Kier molecular flexibility index (Phi) is 3.16. The third-order valence-corrected chi connectivity index (χ3v) is 5.09. The highest BCUT2D eigenvalue weighted by atomic mass is 32.1. The van der Waals surface area contributed by atoms with E-state index in [0.717, 1.165) is 30.6 Å². The summed E-state index contributed by atoms with van der Waals surface area (Å²) in [7, 11) is 0. The van der Waals surface area contributed by atoms with Crippen LogP contribution in [-0.2, 0) is 12.8 Å². The van der Waals surface area contributed by atoms with Gasteiger partial charge in [-0.25, -0.2) is 4.68 Å². The first-order valence-electron chi connectivity index (χ1n) is 7.20. The Morgan fingerprint density at radius 1 is 1.17 bits per heavy atom. The highest BCUT2D eigenvalue weighted by molar-refractivity contribution is 7.80. The highest BCUT2D eigenvalue weighted by Crippen LogP contribution is 2.55. The van der Waals surface area contributed by atoms with Gasteiger partial charge in [0.05, 0.1) is 11.4 Å². The second-order valence-electron chi connectivity index (χ2n) is 6.24. The molecular weight excluding hydrogens is 242 g/mol. The van der Waals surface area contributed by atoms with Crippen molar-refractivity contribution in [3.05, 3.63) is 11.4 Å². The van der Waals surface area contributed by atoms with E-state index in [1.165, 1.54) is 24.2 Å². The van der Waals surface area contributed by atoms with Gasteiger partial charge in [0.2, 0.25) is 0 Å². The van der Waals surface area contributed by atoms with Crippen LogP contribution in [0, 0.1) is 17.8 Å². The molecule has 0 amide bonds. The van der Waals surface area contributed by atoms with Crippen molar-refractivity contribution in [2.75, 3.05) is 0 Å². The summed E-state index contributed by atoms with van der Waals surface area (Å²) in [5.74, 6) is 2.65. The standard InChI is InChI=1S/C14H23N3S/c1-8(2)17-13-7-5-11-10(14(11)9(3)18)4-6-12(13)15-16-17/h8-11,14,18H,4-7H2,1-3H3. The van der Waals surface area contributed by atoms with Crippen molar-refractivity contribution in [3.63, 3.8) is 0 Å². The van der Waals surface area contributed by atoms with Crippen LogP contribution in [0.15, 0.2) is 0 Å². The zero-order chi connectivity index (χ0) is 12.9. The normalized spacial score (nSPS) is 32.4. The molecule has 3 rings (SSSR count). The number of aryl methyl sites for hydroxylation is 1. The van der Waals surface area contributed by atoms with E-state index in [9.17, 15) is 0 Å². The largest absolute Gasteiger partial charge is 0.247 e. The second kappa shape index (κ2) is 4.55. The van der Waals surface area contributed by atoms with E-state index in [4.69, 9.17) is 0 Å². The molecule has 18 heavy (non-hydrogen) atoms. The lowest BCUT2D eigenvalue weighted by molar-refractivity contribution is 0.481. The zero-order valence-electron chi connectivity index (χ0n) is 11.5. The molecule has 0 radical (unpaired) electrons. The lowest BCUT2D eigenvalue weighted by Gasteiger charge is -2.12. The Bertz CT molecular complexity index is 438. The van der Waals surface area contributed by atoms with E-state index in [0.29, 0.717) is 11.3 Å². The molecule has 3 nitrogen and oxygen atoms in total. The first-order chi connectivity index (χ1) is 8.59. The minimum atomic E-state index is 0.426. The van der Waals surface area contributed by atoms with Gasteiger partial charge in [-0.2, -0.15) is 12.6 Å². The van der Waals surface area contributed by atoms with E-state index >= 15 is 0 Å². The molecule has 0 N–H and O–H groups in total. The Morgan fingerprint density at radius 3 is 2.44 bits per heavy atom. The van der Waals surface area contributed by atoms with Crippen molar-refractivity contribution < 1.29 is 0 Å². The van der Waals surface area contributed by atoms with Gasteiger partial charge in [0, 0.05) is 11.3 Å². The Hall–Kier alpha value is -0.510. The maximum absolute atomic E-state index is 4.65. The fourth-order valence-electron chi connectivity index (χ4n) is 3.82. The minimum absolute atomic E-state index is 0.426. The number of aromatic nitrogens is 3. The summed E-state index contributed by atoms with van der Waals surface area (Å²) in [5, 5.41) is 9.27. The van der Waals surface area contributed by atoms with Crippen molar-refractivity contribution in [1.29, 1.82) is 0 Å². The number of rotatable bonds is 2. The molecule has 4 atom stereocenters. The molecule has 2 aliphatic carbocycles. The summed E-state index contributed by atoms with van der Waals surface area (Å²) in [4.78, 5) is 0. The van der Waals surface area contributed by atoms with Crippen LogP contribution in [0.4, 0.5) is 0 Å². The number of nitrogens with zero attached hydrogens (tertiary/aromatic N) is 3. The van der Waals surface area contributed by atoms with Crippen LogP contribution in [0.2, 0.25) is 0 Å². The van der Waals surface area contributed by atoms with Gasteiger partial charge in [0.15, 0.2) is 0 Å². The number of thiol groups is 1. The van der Waals surface area contributed by atoms with Crippen LogP contribution in [0.3, 0.4) is 0 Å². The minimum Gasteiger partial charge on any atom is -0.247 e. The third kappa shape index (κ3) is 1.98. The van der Waals surface area contributed by atoms with Crippen LogP contribution in [0.5, 0.6) is 0 Å². The lowest BCUT2D eigenvalue weighted by atomic mass is 10.0. The summed E-state index contributed by atoms with van der Waals surface area (Å²) >= 11 is 4.65. The Balaban J connectivity index is 1.79. The molecule has 100 valence electrons. The Morgan fingerprint density at radius 2 is 1.83 bits per heavy atom. The fourth-order valence-corrected chi connectivity index (χ4v) is 4.27. The fraction of sp³-hybridized carbons (Fsp3) is 0.857. The van der Waals surface area contributed by atoms with Gasteiger partial charge >= 0.3 is 0 Å². The van der Waals surface area contributed by atoms with Crippen LogP contribution < -0.4 is 0 Å².